The van der Waals surface area contributed by atoms with Gasteiger partial charge in [0.25, 0.3) is 5.91 Å². The summed E-state index contributed by atoms with van der Waals surface area (Å²) in [6.07, 6.45) is 0. The number of carbonyl (C=O) groups excluding carboxylic acids is 1. The van der Waals surface area contributed by atoms with Gasteiger partial charge in [-0.15, -0.1) is 11.3 Å². The Morgan fingerprint density at radius 2 is 1.72 bits per heavy atom. The monoisotopic (exact) mass is 406 g/mol. The summed E-state index contributed by atoms with van der Waals surface area (Å²) < 4.78 is 11.4. The van der Waals surface area contributed by atoms with Gasteiger partial charge >= 0.3 is 0 Å². The van der Waals surface area contributed by atoms with Gasteiger partial charge in [0.1, 0.15) is 22.3 Å². The highest BCUT2D eigenvalue weighted by atomic mass is 32.1. The van der Waals surface area contributed by atoms with Gasteiger partial charge in [0.2, 0.25) is 0 Å². The van der Waals surface area contributed by atoms with Gasteiger partial charge in [-0.1, -0.05) is 12.1 Å². The van der Waals surface area contributed by atoms with E-state index in [0.29, 0.717) is 28.3 Å². The van der Waals surface area contributed by atoms with Crippen LogP contribution in [0.2, 0.25) is 0 Å². The summed E-state index contributed by atoms with van der Waals surface area (Å²) in [5.41, 5.74) is 2.36. The summed E-state index contributed by atoms with van der Waals surface area (Å²) in [6, 6.07) is 17.7. The third-order valence-corrected chi connectivity index (χ3v) is 5.46. The highest BCUT2D eigenvalue weighted by molar-refractivity contribution is 7.21. The minimum absolute atomic E-state index is 0.0464. The maximum Gasteiger partial charge on any atom is 0.255 e. The van der Waals surface area contributed by atoms with Gasteiger partial charge in [-0.05, 0) is 36.4 Å². The van der Waals surface area contributed by atoms with Crippen molar-refractivity contribution in [1.82, 2.24) is 4.98 Å². The van der Waals surface area contributed by atoms with Crippen molar-refractivity contribution >= 4 is 33.1 Å². The number of ether oxygens (including phenoxy) is 2. The number of hydrogen-bond acceptors (Lipinski definition) is 6. The van der Waals surface area contributed by atoms with Crippen LogP contribution in [-0.4, -0.2) is 30.2 Å². The number of anilines is 1. The lowest BCUT2D eigenvalue weighted by Crippen LogP contribution is -2.12. The van der Waals surface area contributed by atoms with Gasteiger partial charge in [0.15, 0.2) is 0 Å². The number of aromatic hydroxyl groups is 1. The molecule has 1 aromatic heterocycles. The molecule has 6 nitrogen and oxygen atoms in total. The van der Waals surface area contributed by atoms with Crippen molar-refractivity contribution in [2.45, 2.75) is 0 Å². The molecule has 146 valence electrons. The number of aromatic nitrogens is 1. The first-order chi connectivity index (χ1) is 14.1. The first-order valence-corrected chi connectivity index (χ1v) is 9.62. The van der Waals surface area contributed by atoms with Crippen LogP contribution in [0.1, 0.15) is 10.4 Å². The van der Waals surface area contributed by atoms with Crippen LogP contribution in [0.25, 0.3) is 20.8 Å². The molecule has 0 aliphatic rings. The van der Waals surface area contributed by atoms with Crippen LogP contribution in [0.3, 0.4) is 0 Å². The number of benzene rings is 3. The zero-order chi connectivity index (χ0) is 20.4. The summed E-state index contributed by atoms with van der Waals surface area (Å²) in [7, 11) is 3.05. The van der Waals surface area contributed by atoms with Gasteiger partial charge in [0, 0.05) is 23.4 Å². The van der Waals surface area contributed by atoms with Crippen molar-refractivity contribution in [3.63, 3.8) is 0 Å². The average Bonchev–Trinajstić information content (AvgIpc) is 3.17. The van der Waals surface area contributed by atoms with Crippen molar-refractivity contribution in [1.29, 1.82) is 0 Å². The van der Waals surface area contributed by atoms with E-state index in [-0.39, 0.29) is 11.7 Å². The number of methoxy groups -OCH3 is 2. The number of fused-ring (bicyclic) bond motifs is 1. The Bertz CT molecular complexity index is 1150. The Balaban J connectivity index is 1.59. The van der Waals surface area contributed by atoms with Crippen LogP contribution in [0, 0.1) is 0 Å². The summed E-state index contributed by atoms with van der Waals surface area (Å²) in [6.45, 7) is 0. The summed E-state index contributed by atoms with van der Waals surface area (Å²) in [5.74, 6) is 0.742. The summed E-state index contributed by atoms with van der Waals surface area (Å²) in [5, 5.41) is 14.0. The van der Waals surface area contributed by atoms with Gasteiger partial charge in [-0.3, -0.25) is 4.79 Å². The van der Waals surface area contributed by atoms with E-state index < -0.39 is 0 Å². The fourth-order valence-electron chi connectivity index (χ4n) is 2.92. The van der Waals surface area contributed by atoms with Crippen LogP contribution in [0.15, 0.2) is 60.7 Å². The molecule has 0 aliphatic heterocycles. The molecule has 0 radical (unpaired) electrons. The molecule has 29 heavy (non-hydrogen) atoms. The molecule has 4 aromatic rings. The van der Waals surface area contributed by atoms with Crippen molar-refractivity contribution in [3.05, 3.63) is 66.2 Å². The molecule has 2 N–H and O–H groups in total. The SMILES string of the molecule is COc1cc(OC)cc(C(=O)Nc2ccc(-c3nc4ccccc4s3)c(O)c2)c1. The number of phenols is 1. The molecule has 0 aliphatic carbocycles. The third kappa shape index (κ3) is 3.86. The van der Waals surface area contributed by atoms with E-state index in [1.165, 1.54) is 31.6 Å². The molecule has 0 saturated carbocycles. The van der Waals surface area contributed by atoms with E-state index >= 15 is 0 Å². The van der Waals surface area contributed by atoms with Gasteiger partial charge in [-0.25, -0.2) is 4.98 Å². The quantitative estimate of drug-likeness (QED) is 0.491. The molecule has 0 atom stereocenters. The van der Waals surface area contributed by atoms with Gasteiger partial charge in [-0.2, -0.15) is 0 Å². The topological polar surface area (TPSA) is 80.7 Å². The Labute approximate surface area is 171 Å². The zero-order valence-corrected chi connectivity index (χ0v) is 16.6. The Hall–Kier alpha value is -3.58. The minimum Gasteiger partial charge on any atom is -0.507 e. The van der Waals surface area contributed by atoms with Crippen LogP contribution >= 0.6 is 11.3 Å². The van der Waals surface area contributed by atoms with E-state index in [2.05, 4.69) is 10.3 Å². The molecule has 4 rings (SSSR count). The summed E-state index contributed by atoms with van der Waals surface area (Å²) in [4.78, 5) is 17.2. The predicted molar refractivity (Wildman–Crippen MR) is 114 cm³/mol. The zero-order valence-electron chi connectivity index (χ0n) is 15.8. The number of hydrogen-bond donors (Lipinski definition) is 2. The number of amides is 1. The molecular formula is C22H18N2O4S. The largest absolute Gasteiger partial charge is 0.507 e. The molecular weight excluding hydrogens is 388 g/mol. The van der Waals surface area contributed by atoms with Crippen molar-refractivity contribution in [3.8, 4) is 27.8 Å². The lowest BCUT2D eigenvalue weighted by molar-refractivity contribution is 0.102. The van der Waals surface area contributed by atoms with Crippen molar-refractivity contribution < 1.29 is 19.4 Å². The lowest BCUT2D eigenvalue weighted by atomic mass is 10.1. The Kier molecular flexibility index (Phi) is 5.05. The Morgan fingerprint density at radius 3 is 2.38 bits per heavy atom. The summed E-state index contributed by atoms with van der Waals surface area (Å²) >= 11 is 1.50. The van der Waals surface area contributed by atoms with Crippen molar-refractivity contribution in [2.75, 3.05) is 19.5 Å². The molecule has 0 bridgehead atoms. The molecule has 3 aromatic carbocycles. The van der Waals surface area contributed by atoms with Crippen LogP contribution in [0.4, 0.5) is 5.69 Å². The first-order valence-electron chi connectivity index (χ1n) is 8.81. The molecule has 0 unspecified atom stereocenters. The predicted octanol–water partition coefficient (Wildman–Crippen LogP) is 4.94. The smallest absolute Gasteiger partial charge is 0.255 e. The van der Waals surface area contributed by atoms with E-state index in [4.69, 9.17) is 9.47 Å². The second-order valence-electron chi connectivity index (χ2n) is 6.27. The standard InChI is InChI=1S/C22H18N2O4S/c1-27-15-9-13(10-16(12-15)28-2)21(26)23-14-7-8-17(19(25)11-14)22-24-18-5-3-4-6-20(18)29-22/h3-12,25H,1-2H3,(H,23,26). The Morgan fingerprint density at radius 1 is 1.00 bits per heavy atom. The molecule has 0 spiro atoms. The number of carbonyl (C=O) groups is 1. The lowest BCUT2D eigenvalue weighted by Gasteiger charge is -2.10. The van der Waals surface area contributed by atoms with E-state index in [1.54, 1.807) is 30.3 Å². The molecule has 0 saturated heterocycles. The van der Waals surface area contributed by atoms with Crippen LogP contribution in [0.5, 0.6) is 17.2 Å². The van der Waals surface area contributed by atoms with Gasteiger partial charge in [0.05, 0.1) is 30.0 Å². The van der Waals surface area contributed by atoms with E-state index in [0.717, 1.165) is 15.2 Å². The molecule has 7 heteroatoms. The van der Waals surface area contributed by atoms with Gasteiger partial charge < -0.3 is 19.9 Å². The number of thiazole rings is 1. The third-order valence-electron chi connectivity index (χ3n) is 4.39. The van der Waals surface area contributed by atoms with Crippen LogP contribution < -0.4 is 14.8 Å². The van der Waals surface area contributed by atoms with E-state index in [1.807, 2.05) is 24.3 Å². The highest BCUT2D eigenvalue weighted by Crippen LogP contribution is 2.36. The first kappa shape index (κ1) is 18.8. The minimum atomic E-state index is -0.339. The number of rotatable bonds is 5. The number of nitrogens with zero attached hydrogens (tertiary/aromatic N) is 1. The maximum absolute atomic E-state index is 12.6. The number of phenolic OH excluding ortho intramolecular Hbond substituents is 1. The normalized spacial score (nSPS) is 10.7. The highest BCUT2D eigenvalue weighted by Gasteiger charge is 2.14. The van der Waals surface area contributed by atoms with E-state index in [9.17, 15) is 9.90 Å². The fourth-order valence-corrected chi connectivity index (χ4v) is 3.92. The average molecular weight is 406 g/mol. The van der Waals surface area contributed by atoms with Crippen LogP contribution in [-0.2, 0) is 0 Å². The number of para-hydroxylation sites is 1. The number of nitrogens with one attached hydrogen (secondary N) is 1. The second kappa shape index (κ2) is 7.81. The van der Waals surface area contributed by atoms with Crippen molar-refractivity contribution in [2.24, 2.45) is 0 Å². The molecule has 0 fully saturated rings. The molecule has 1 amide bonds. The second-order valence-corrected chi connectivity index (χ2v) is 7.30. The molecule has 1 heterocycles. The fraction of sp³-hybridized carbons (Fsp3) is 0.0909. The maximum atomic E-state index is 12.6.